The van der Waals surface area contributed by atoms with Crippen molar-refractivity contribution >= 4 is 0 Å². The van der Waals surface area contributed by atoms with Gasteiger partial charge in [0.15, 0.2) is 0 Å². The smallest absolute Gasteiger partial charge is 0.00204 e. The minimum atomic E-state index is 1.01. The molecule has 1 N–H and O–H groups in total. The normalized spacial score (nSPS) is 39.3. The molecule has 2 unspecified atom stereocenters. The molecule has 1 saturated carbocycles. The number of fused-ring (bicyclic) bond motifs is 3. The van der Waals surface area contributed by atoms with Gasteiger partial charge in [-0.05, 0) is 50.6 Å². The molecule has 1 saturated heterocycles. The zero-order valence-electron chi connectivity index (χ0n) is 7.31. The van der Waals surface area contributed by atoms with Gasteiger partial charge in [-0.25, -0.2) is 0 Å². The molecule has 0 radical (unpaired) electrons. The van der Waals surface area contributed by atoms with Crippen LogP contribution in [0.1, 0.15) is 38.5 Å². The molecule has 0 aromatic heterocycles. The summed E-state index contributed by atoms with van der Waals surface area (Å²) in [6.45, 7) is 2.60. The topological polar surface area (TPSA) is 12.0 Å². The molecule has 11 heavy (non-hydrogen) atoms. The second-order valence-corrected chi connectivity index (χ2v) is 4.25. The molecule has 0 aromatic rings. The van der Waals surface area contributed by atoms with E-state index in [4.69, 9.17) is 0 Å². The molecule has 1 heteroatoms. The van der Waals surface area contributed by atoms with Gasteiger partial charge in [0.1, 0.15) is 0 Å². The van der Waals surface area contributed by atoms with Crippen LogP contribution in [0.3, 0.4) is 0 Å². The molecule has 0 aromatic carbocycles. The highest BCUT2D eigenvalue weighted by Crippen LogP contribution is 2.27. The van der Waals surface area contributed by atoms with Crippen LogP contribution in [0.2, 0.25) is 0 Å². The van der Waals surface area contributed by atoms with Crippen molar-refractivity contribution in [3.63, 3.8) is 0 Å². The number of nitrogens with one attached hydrogen (secondary N) is 1. The van der Waals surface area contributed by atoms with Gasteiger partial charge in [0.05, 0.1) is 0 Å². The van der Waals surface area contributed by atoms with Crippen molar-refractivity contribution in [2.75, 3.05) is 13.1 Å². The van der Waals surface area contributed by atoms with Gasteiger partial charge in [0.2, 0.25) is 0 Å². The molecule has 2 atom stereocenters. The first-order valence-corrected chi connectivity index (χ1v) is 5.16. The summed E-state index contributed by atoms with van der Waals surface area (Å²) in [5, 5.41) is 3.59. The van der Waals surface area contributed by atoms with Crippen LogP contribution in [-0.4, -0.2) is 13.1 Å². The largest absolute Gasteiger partial charge is 0.316 e. The Balaban J connectivity index is 1.97. The van der Waals surface area contributed by atoms with Crippen LogP contribution in [-0.2, 0) is 0 Å². The fourth-order valence-corrected chi connectivity index (χ4v) is 2.53. The van der Waals surface area contributed by atoms with E-state index in [1.807, 2.05) is 0 Å². The van der Waals surface area contributed by atoms with Crippen molar-refractivity contribution in [1.29, 1.82) is 0 Å². The van der Waals surface area contributed by atoms with E-state index in [2.05, 4.69) is 5.32 Å². The molecule has 64 valence electrons. The summed E-state index contributed by atoms with van der Waals surface area (Å²) in [5.74, 6) is 2.03. The molecular weight excluding hydrogens is 134 g/mol. The van der Waals surface area contributed by atoms with Crippen molar-refractivity contribution in [3.8, 4) is 0 Å². The number of hydrogen-bond acceptors (Lipinski definition) is 1. The first-order chi connectivity index (χ1) is 5.45. The van der Waals surface area contributed by atoms with Crippen molar-refractivity contribution < 1.29 is 0 Å². The van der Waals surface area contributed by atoms with Crippen LogP contribution in [0.4, 0.5) is 0 Å². The van der Waals surface area contributed by atoms with Gasteiger partial charge in [0.25, 0.3) is 0 Å². The first-order valence-electron chi connectivity index (χ1n) is 5.16. The summed E-state index contributed by atoms with van der Waals surface area (Å²) in [7, 11) is 0. The third-order valence-electron chi connectivity index (χ3n) is 3.32. The monoisotopic (exact) mass is 153 g/mol. The quantitative estimate of drug-likeness (QED) is 0.562. The lowest BCUT2D eigenvalue weighted by Crippen LogP contribution is -2.22. The lowest BCUT2D eigenvalue weighted by atomic mass is 9.87. The maximum atomic E-state index is 3.59. The molecule has 0 spiro atoms. The van der Waals surface area contributed by atoms with E-state index in [9.17, 15) is 0 Å². The molecule has 2 rings (SSSR count). The third kappa shape index (κ3) is 1.96. The molecule has 2 fully saturated rings. The van der Waals surface area contributed by atoms with Crippen LogP contribution in [0.5, 0.6) is 0 Å². The van der Waals surface area contributed by atoms with Crippen LogP contribution < -0.4 is 5.32 Å². The lowest BCUT2D eigenvalue weighted by molar-refractivity contribution is 0.358. The Hall–Kier alpha value is -0.0400. The highest BCUT2D eigenvalue weighted by Gasteiger charge is 2.20. The average Bonchev–Trinajstić information content (AvgIpc) is 2.11. The molecule has 1 aliphatic carbocycles. The maximum Gasteiger partial charge on any atom is -0.00204 e. The molecule has 2 bridgehead atoms. The Morgan fingerprint density at radius 1 is 0.727 bits per heavy atom. The van der Waals surface area contributed by atoms with E-state index in [1.54, 1.807) is 0 Å². The van der Waals surface area contributed by atoms with Gasteiger partial charge in [-0.2, -0.15) is 0 Å². The Labute approximate surface area is 69.6 Å². The van der Waals surface area contributed by atoms with E-state index >= 15 is 0 Å². The second kappa shape index (κ2) is 3.57. The Bertz CT molecular complexity index is 104. The minimum Gasteiger partial charge on any atom is -0.316 e. The zero-order valence-corrected chi connectivity index (χ0v) is 7.31. The van der Waals surface area contributed by atoms with Gasteiger partial charge in [-0.15, -0.1) is 0 Å². The third-order valence-corrected chi connectivity index (χ3v) is 3.32. The van der Waals surface area contributed by atoms with Gasteiger partial charge in [0, 0.05) is 0 Å². The highest BCUT2D eigenvalue weighted by atomic mass is 14.9. The van der Waals surface area contributed by atoms with Gasteiger partial charge in [-0.3, -0.25) is 0 Å². The van der Waals surface area contributed by atoms with Gasteiger partial charge >= 0.3 is 0 Å². The summed E-state index contributed by atoms with van der Waals surface area (Å²) in [5.41, 5.74) is 0. The number of hydrogen-bond donors (Lipinski definition) is 1. The lowest BCUT2D eigenvalue weighted by Gasteiger charge is -2.18. The Morgan fingerprint density at radius 2 is 1.27 bits per heavy atom. The summed E-state index contributed by atoms with van der Waals surface area (Å²) < 4.78 is 0. The summed E-state index contributed by atoms with van der Waals surface area (Å²) in [6, 6.07) is 0. The average molecular weight is 153 g/mol. The predicted molar refractivity (Wildman–Crippen MR) is 47.6 cm³/mol. The molecule has 1 heterocycles. The Kier molecular flexibility index (Phi) is 2.47. The van der Waals surface area contributed by atoms with Crippen molar-refractivity contribution in [2.45, 2.75) is 38.5 Å². The van der Waals surface area contributed by atoms with Crippen LogP contribution in [0, 0.1) is 11.8 Å². The van der Waals surface area contributed by atoms with E-state index in [1.165, 1.54) is 51.6 Å². The van der Waals surface area contributed by atoms with Crippen LogP contribution in [0.25, 0.3) is 0 Å². The summed E-state index contributed by atoms with van der Waals surface area (Å²) in [6.07, 6.45) is 8.94. The predicted octanol–water partition coefficient (Wildman–Crippen LogP) is 2.18. The molecule has 1 nitrogen and oxygen atoms in total. The van der Waals surface area contributed by atoms with Gasteiger partial charge in [-0.1, -0.05) is 12.8 Å². The summed E-state index contributed by atoms with van der Waals surface area (Å²) >= 11 is 0. The highest BCUT2D eigenvalue weighted by molar-refractivity contribution is 4.76. The second-order valence-electron chi connectivity index (χ2n) is 4.25. The van der Waals surface area contributed by atoms with E-state index in [0.717, 1.165) is 11.8 Å². The molecule has 1 aliphatic heterocycles. The SMILES string of the molecule is C1CCC2CCC(C1)CNC2. The van der Waals surface area contributed by atoms with E-state index in [0.29, 0.717) is 0 Å². The van der Waals surface area contributed by atoms with E-state index < -0.39 is 0 Å². The fraction of sp³-hybridized carbons (Fsp3) is 1.00. The maximum absolute atomic E-state index is 3.59. The molecule has 2 aliphatic rings. The fourth-order valence-electron chi connectivity index (χ4n) is 2.53. The van der Waals surface area contributed by atoms with Crippen molar-refractivity contribution in [1.82, 2.24) is 5.32 Å². The van der Waals surface area contributed by atoms with Gasteiger partial charge < -0.3 is 5.32 Å². The van der Waals surface area contributed by atoms with Crippen LogP contribution in [0.15, 0.2) is 0 Å². The van der Waals surface area contributed by atoms with Crippen molar-refractivity contribution in [3.05, 3.63) is 0 Å². The molecular formula is C10H19N. The van der Waals surface area contributed by atoms with Crippen LogP contribution >= 0.6 is 0 Å². The Morgan fingerprint density at radius 3 is 1.82 bits per heavy atom. The first kappa shape index (κ1) is 7.60. The standard InChI is InChI=1S/C10H19N/c1-2-4-10-6-5-9(3-1)7-11-8-10/h9-11H,1-8H2. The van der Waals surface area contributed by atoms with Crippen molar-refractivity contribution in [2.24, 2.45) is 11.8 Å². The molecule has 0 amide bonds. The number of rotatable bonds is 0. The zero-order chi connectivity index (χ0) is 7.52. The summed E-state index contributed by atoms with van der Waals surface area (Å²) in [4.78, 5) is 0. The minimum absolute atomic E-state index is 1.01. The van der Waals surface area contributed by atoms with E-state index in [-0.39, 0.29) is 0 Å².